The molecule has 5 heteroatoms. The Hall–Kier alpha value is -1.20. The predicted molar refractivity (Wildman–Crippen MR) is 62.7 cm³/mol. The van der Waals surface area contributed by atoms with Gasteiger partial charge in [-0.15, -0.1) is 5.10 Å². The minimum atomic E-state index is 0.606. The first-order valence-electron chi connectivity index (χ1n) is 5.75. The SMILES string of the molecule is CC1=CCN(Cc2cn(CCN)nn2)CC1. The van der Waals surface area contributed by atoms with Crippen LogP contribution in [0.1, 0.15) is 19.0 Å². The van der Waals surface area contributed by atoms with Crippen LogP contribution in [0.25, 0.3) is 0 Å². The smallest absolute Gasteiger partial charge is 0.0967 e. The van der Waals surface area contributed by atoms with Crippen LogP contribution in [0.15, 0.2) is 17.8 Å². The van der Waals surface area contributed by atoms with Gasteiger partial charge < -0.3 is 5.73 Å². The number of aromatic nitrogens is 3. The summed E-state index contributed by atoms with van der Waals surface area (Å²) in [6.07, 6.45) is 5.43. The van der Waals surface area contributed by atoms with Gasteiger partial charge in [-0.05, 0) is 13.3 Å². The third kappa shape index (κ3) is 2.90. The van der Waals surface area contributed by atoms with Crippen LogP contribution in [0.4, 0.5) is 0 Å². The third-order valence-corrected chi connectivity index (χ3v) is 2.85. The average molecular weight is 221 g/mol. The molecule has 0 bridgehead atoms. The van der Waals surface area contributed by atoms with E-state index in [-0.39, 0.29) is 0 Å². The Morgan fingerprint density at radius 3 is 3.06 bits per heavy atom. The molecule has 2 heterocycles. The second-order valence-corrected chi connectivity index (χ2v) is 4.30. The summed E-state index contributed by atoms with van der Waals surface area (Å²) in [6, 6.07) is 0. The molecular formula is C11H19N5. The Balaban J connectivity index is 1.89. The largest absolute Gasteiger partial charge is 0.329 e. The van der Waals surface area contributed by atoms with Gasteiger partial charge in [0.2, 0.25) is 0 Å². The van der Waals surface area contributed by atoms with Crippen molar-refractivity contribution in [3.05, 3.63) is 23.5 Å². The Bertz CT molecular complexity index is 368. The van der Waals surface area contributed by atoms with Crippen LogP contribution in [0.3, 0.4) is 0 Å². The third-order valence-electron chi connectivity index (χ3n) is 2.85. The normalized spacial score (nSPS) is 17.5. The monoisotopic (exact) mass is 221 g/mol. The maximum Gasteiger partial charge on any atom is 0.0967 e. The molecule has 0 aromatic carbocycles. The molecule has 16 heavy (non-hydrogen) atoms. The molecular weight excluding hydrogens is 202 g/mol. The van der Waals surface area contributed by atoms with E-state index in [2.05, 4.69) is 28.2 Å². The highest BCUT2D eigenvalue weighted by molar-refractivity contribution is 5.05. The van der Waals surface area contributed by atoms with Crippen LogP contribution in [-0.4, -0.2) is 39.5 Å². The molecule has 2 N–H and O–H groups in total. The molecule has 0 radical (unpaired) electrons. The zero-order chi connectivity index (χ0) is 11.4. The topological polar surface area (TPSA) is 60.0 Å². The van der Waals surface area contributed by atoms with Crippen molar-refractivity contribution < 1.29 is 0 Å². The molecule has 0 amide bonds. The van der Waals surface area contributed by atoms with Gasteiger partial charge in [-0.3, -0.25) is 9.58 Å². The van der Waals surface area contributed by atoms with E-state index in [4.69, 9.17) is 5.73 Å². The van der Waals surface area contributed by atoms with Crippen LogP contribution in [0.5, 0.6) is 0 Å². The van der Waals surface area contributed by atoms with E-state index in [0.29, 0.717) is 6.54 Å². The molecule has 1 aliphatic heterocycles. The second kappa shape index (κ2) is 5.23. The minimum Gasteiger partial charge on any atom is -0.329 e. The first kappa shape index (κ1) is 11.3. The first-order chi connectivity index (χ1) is 7.78. The molecule has 0 aliphatic carbocycles. The van der Waals surface area contributed by atoms with Gasteiger partial charge in [0.15, 0.2) is 0 Å². The molecule has 0 fully saturated rings. The lowest BCUT2D eigenvalue weighted by molar-refractivity contribution is 0.282. The highest BCUT2D eigenvalue weighted by Crippen LogP contribution is 2.11. The molecule has 88 valence electrons. The molecule has 0 saturated heterocycles. The summed E-state index contributed by atoms with van der Waals surface area (Å²) < 4.78 is 1.81. The van der Waals surface area contributed by atoms with Gasteiger partial charge in [0.25, 0.3) is 0 Å². The summed E-state index contributed by atoms with van der Waals surface area (Å²) >= 11 is 0. The van der Waals surface area contributed by atoms with Crippen LogP contribution >= 0.6 is 0 Å². The standard InChI is InChI=1S/C11H19N5/c1-10-2-5-15(6-3-10)8-11-9-16(7-4-12)14-13-11/h2,9H,3-8,12H2,1H3. The number of hydrogen-bond donors (Lipinski definition) is 1. The van der Waals surface area contributed by atoms with E-state index in [1.54, 1.807) is 4.68 Å². The van der Waals surface area contributed by atoms with Gasteiger partial charge in [0.1, 0.15) is 0 Å². The van der Waals surface area contributed by atoms with Crippen molar-refractivity contribution in [1.82, 2.24) is 19.9 Å². The van der Waals surface area contributed by atoms with Crippen molar-refractivity contribution in [2.24, 2.45) is 5.73 Å². The molecule has 1 aromatic heterocycles. The Kier molecular flexibility index (Phi) is 3.69. The van der Waals surface area contributed by atoms with Gasteiger partial charge >= 0.3 is 0 Å². The van der Waals surface area contributed by atoms with E-state index < -0.39 is 0 Å². The van der Waals surface area contributed by atoms with Crippen molar-refractivity contribution in [2.45, 2.75) is 26.4 Å². The summed E-state index contributed by atoms with van der Waals surface area (Å²) in [5.41, 5.74) is 7.98. The van der Waals surface area contributed by atoms with Gasteiger partial charge in [-0.2, -0.15) is 0 Å². The number of nitrogens with two attached hydrogens (primary N) is 1. The molecule has 0 unspecified atom stereocenters. The lowest BCUT2D eigenvalue weighted by atomic mass is 10.1. The molecule has 0 atom stereocenters. The summed E-state index contributed by atoms with van der Waals surface area (Å²) in [7, 11) is 0. The van der Waals surface area contributed by atoms with E-state index >= 15 is 0 Å². The zero-order valence-corrected chi connectivity index (χ0v) is 9.76. The highest BCUT2D eigenvalue weighted by Gasteiger charge is 2.11. The van der Waals surface area contributed by atoms with Crippen molar-refractivity contribution >= 4 is 0 Å². The predicted octanol–water partition coefficient (Wildman–Crippen LogP) is 0.389. The van der Waals surface area contributed by atoms with E-state index in [1.807, 2.05) is 6.20 Å². The average Bonchev–Trinajstić information content (AvgIpc) is 2.70. The molecule has 0 saturated carbocycles. The maximum atomic E-state index is 5.46. The summed E-state index contributed by atoms with van der Waals surface area (Å²) in [4.78, 5) is 2.38. The Labute approximate surface area is 95.9 Å². The van der Waals surface area contributed by atoms with E-state index in [1.165, 1.54) is 5.57 Å². The zero-order valence-electron chi connectivity index (χ0n) is 9.76. The molecule has 2 rings (SSSR count). The Morgan fingerprint density at radius 1 is 1.50 bits per heavy atom. The van der Waals surface area contributed by atoms with Gasteiger partial charge in [0.05, 0.1) is 12.2 Å². The van der Waals surface area contributed by atoms with Crippen molar-refractivity contribution in [3.63, 3.8) is 0 Å². The van der Waals surface area contributed by atoms with E-state index in [9.17, 15) is 0 Å². The highest BCUT2D eigenvalue weighted by atomic mass is 15.4. The molecule has 5 nitrogen and oxygen atoms in total. The van der Waals surface area contributed by atoms with Crippen LogP contribution in [0.2, 0.25) is 0 Å². The lowest BCUT2D eigenvalue weighted by Crippen LogP contribution is -2.28. The van der Waals surface area contributed by atoms with Crippen molar-refractivity contribution in [2.75, 3.05) is 19.6 Å². The quantitative estimate of drug-likeness (QED) is 0.747. The molecule has 1 aromatic rings. The van der Waals surface area contributed by atoms with Crippen LogP contribution < -0.4 is 5.73 Å². The van der Waals surface area contributed by atoms with Crippen molar-refractivity contribution in [1.29, 1.82) is 0 Å². The minimum absolute atomic E-state index is 0.606. The number of rotatable bonds is 4. The fraction of sp³-hybridized carbons (Fsp3) is 0.636. The Morgan fingerprint density at radius 2 is 2.38 bits per heavy atom. The van der Waals surface area contributed by atoms with Gasteiger partial charge in [-0.1, -0.05) is 16.9 Å². The summed E-state index contributed by atoms with van der Waals surface area (Å²) in [5, 5.41) is 8.17. The maximum absolute atomic E-state index is 5.46. The first-order valence-corrected chi connectivity index (χ1v) is 5.75. The molecule has 1 aliphatic rings. The summed E-state index contributed by atoms with van der Waals surface area (Å²) in [6.45, 7) is 6.56. The van der Waals surface area contributed by atoms with E-state index in [0.717, 1.165) is 38.3 Å². The number of nitrogens with zero attached hydrogens (tertiary/aromatic N) is 4. The van der Waals surface area contributed by atoms with Crippen LogP contribution in [0, 0.1) is 0 Å². The van der Waals surface area contributed by atoms with Gasteiger partial charge in [-0.25, -0.2) is 0 Å². The van der Waals surface area contributed by atoms with Crippen LogP contribution in [-0.2, 0) is 13.1 Å². The van der Waals surface area contributed by atoms with Crippen molar-refractivity contribution in [3.8, 4) is 0 Å². The van der Waals surface area contributed by atoms with Gasteiger partial charge in [0, 0.05) is 32.4 Å². The second-order valence-electron chi connectivity index (χ2n) is 4.30. The summed E-state index contributed by atoms with van der Waals surface area (Å²) in [5.74, 6) is 0. The molecule has 0 spiro atoms. The number of hydrogen-bond acceptors (Lipinski definition) is 4. The fourth-order valence-electron chi connectivity index (χ4n) is 1.84. The fourth-order valence-corrected chi connectivity index (χ4v) is 1.84. The lowest BCUT2D eigenvalue weighted by Gasteiger charge is -2.23.